The Bertz CT molecular complexity index is 501. The summed E-state index contributed by atoms with van der Waals surface area (Å²) in [6, 6.07) is 3.95. The Morgan fingerprint density at radius 3 is 2.79 bits per heavy atom. The summed E-state index contributed by atoms with van der Waals surface area (Å²) in [7, 11) is 1.42. The second-order valence-corrected chi connectivity index (χ2v) is 3.33. The number of nitrogens with two attached hydrogens (primary N) is 1. The highest BCUT2D eigenvalue weighted by atomic mass is 16.5. The van der Waals surface area contributed by atoms with Gasteiger partial charge in [0.15, 0.2) is 18.1 Å². The number of carbonyl (C=O) groups excluding carboxylic acids is 1. The van der Waals surface area contributed by atoms with Crippen LogP contribution in [0, 0.1) is 0 Å². The number of carboxylic acid groups (broad SMARTS) is 1. The van der Waals surface area contributed by atoms with Gasteiger partial charge in [-0.05, 0) is 23.8 Å². The minimum absolute atomic E-state index is 0.296. The molecular formula is C11H13N3O5. The zero-order valence-corrected chi connectivity index (χ0v) is 10.1. The molecule has 0 aromatic heterocycles. The summed E-state index contributed by atoms with van der Waals surface area (Å²) < 4.78 is 10.1. The van der Waals surface area contributed by atoms with Gasteiger partial charge in [-0.3, -0.25) is 0 Å². The van der Waals surface area contributed by atoms with Crippen LogP contribution in [0.4, 0.5) is 4.79 Å². The van der Waals surface area contributed by atoms with E-state index in [0.717, 1.165) is 0 Å². The van der Waals surface area contributed by atoms with Gasteiger partial charge in [0.05, 0.1) is 13.3 Å². The number of benzene rings is 1. The number of methoxy groups -OCH3 is 1. The number of aliphatic carboxylic acids is 1. The maximum absolute atomic E-state index is 10.4. The first-order valence-corrected chi connectivity index (χ1v) is 5.14. The molecule has 0 heterocycles. The normalized spacial score (nSPS) is 10.2. The fraction of sp³-hybridized carbons (Fsp3) is 0.182. The van der Waals surface area contributed by atoms with Gasteiger partial charge < -0.3 is 20.3 Å². The minimum atomic E-state index is -1.08. The Labute approximate surface area is 108 Å². The van der Waals surface area contributed by atoms with E-state index < -0.39 is 18.6 Å². The zero-order chi connectivity index (χ0) is 14.3. The van der Waals surface area contributed by atoms with Gasteiger partial charge >= 0.3 is 12.0 Å². The van der Waals surface area contributed by atoms with Crippen LogP contribution in [0.3, 0.4) is 0 Å². The number of ether oxygens (including phenoxy) is 2. The predicted molar refractivity (Wildman–Crippen MR) is 66.4 cm³/mol. The van der Waals surface area contributed by atoms with E-state index in [0.29, 0.717) is 17.1 Å². The molecule has 4 N–H and O–H groups in total. The average Bonchev–Trinajstić information content (AvgIpc) is 2.36. The van der Waals surface area contributed by atoms with Crippen LogP contribution in [0.2, 0.25) is 0 Å². The van der Waals surface area contributed by atoms with E-state index in [1.807, 2.05) is 5.43 Å². The van der Waals surface area contributed by atoms with Crippen molar-refractivity contribution in [1.82, 2.24) is 5.43 Å². The lowest BCUT2D eigenvalue weighted by Crippen LogP contribution is -2.24. The summed E-state index contributed by atoms with van der Waals surface area (Å²) in [5.74, 6) is -0.437. The molecule has 1 aromatic carbocycles. The van der Waals surface area contributed by atoms with Crippen molar-refractivity contribution in [3.63, 3.8) is 0 Å². The van der Waals surface area contributed by atoms with Crippen LogP contribution in [0.15, 0.2) is 23.3 Å². The number of primary amides is 1. The van der Waals surface area contributed by atoms with Gasteiger partial charge in [-0.2, -0.15) is 5.10 Å². The first kappa shape index (κ1) is 14.3. The molecule has 1 aromatic rings. The quantitative estimate of drug-likeness (QED) is 0.500. The molecule has 0 saturated heterocycles. The van der Waals surface area contributed by atoms with Crippen LogP contribution in [0.1, 0.15) is 5.56 Å². The molecule has 0 unspecified atom stereocenters. The molecular weight excluding hydrogens is 254 g/mol. The Hall–Kier alpha value is -2.77. The lowest BCUT2D eigenvalue weighted by atomic mass is 10.2. The van der Waals surface area contributed by atoms with Gasteiger partial charge in [0.2, 0.25) is 0 Å². The molecule has 0 saturated carbocycles. The van der Waals surface area contributed by atoms with Gasteiger partial charge in [-0.15, -0.1) is 0 Å². The fourth-order valence-corrected chi connectivity index (χ4v) is 1.19. The van der Waals surface area contributed by atoms with Crippen molar-refractivity contribution in [2.75, 3.05) is 13.7 Å². The van der Waals surface area contributed by atoms with Crippen molar-refractivity contribution in [3.8, 4) is 11.5 Å². The van der Waals surface area contributed by atoms with Crippen LogP contribution in [0.25, 0.3) is 0 Å². The Morgan fingerprint density at radius 1 is 1.47 bits per heavy atom. The first-order chi connectivity index (χ1) is 9.02. The van der Waals surface area contributed by atoms with Gasteiger partial charge in [0.1, 0.15) is 0 Å². The smallest absolute Gasteiger partial charge is 0.341 e. The number of amides is 2. The van der Waals surface area contributed by atoms with Crippen molar-refractivity contribution in [2.24, 2.45) is 10.8 Å². The highest BCUT2D eigenvalue weighted by Gasteiger charge is 2.07. The number of carboxylic acids is 1. The number of rotatable bonds is 6. The highest BCUT2D eigenvalue weighted by Crippen LogP contribution is 2.27. The summed E-state index contributed by atoms with van der Waals surface area (Å²) in [5.41, 5.74) is 7.50. The summed E-state index contributed by atoms with van der Waals surface area (Å²) in [5, 5.41) is 12.1. The van der Waals surface area contributed by atoms with Crippen LogP contribution in [0.5, 0.6) is 11.5 Å². The second-order valence-electron chi connectivity index (χ2n) is 3.33. The molecule has 0 aliphatic rings. The topological polar surface area (TPSA) is 123 Å². The number of hydrogen-bond acceptors (Lipinski definition) is 5. The summed E-state index contributed by atoms with van der Waals surface area (Å²) in [4.78, 5) is 20.8. The highest BCUT2D eigenvalue weighted by molar-refractivity contribution is 5.82. The number of nitrogens with zero attached hydrogens (tertiary/aromatic N) is 1. The maximum atomic E-state index is 10.4. The van der Waals surface area contributed by atoms with Crippen molar-refractivity contribution in [1.29, 1.82) is 0 Å². The number of hydrogen-bond donors (Lipinski definition) is 3. The van der Waals surface area contributed by atoms with Gasteiger partial charge in [0.25, 0.3) is 0 Å². The van der Waals surface area contributed by atoms with Gasteiger partial charge in [-0.25, -0.2) is 15.0 Å². The molecule has 0 atom stereocenters. The standard InChI is InChI=1S/C11H13N3O5/c1-18-9-4-7(5-13-14-11(12)17)2-3-8(9)19-6-10(15)16/h2-5H,6H2,1H3,(H,15,16)(H3,12,14,17). The molecule has 0 spiro atoms. The van der Waals surface area contributed by atoms with E-state index in [4.69, 9.17) is 20.3 Å². The van der Waals surface area contributed by atoms with Crippen molar-refractivity contribution >= 4 is 18.2 Å². The second kappa shape index (κ2) is 6.84. The summed E-state index contributed by atoms with van der Waals surface area (Å²) in [6.07, 6.45) is 1.36. The Balaban J connectivity index is 2.80. The molecule has 8 nitrogen and oxygen atoms in total. The van der Waals surface area contributed by atoms with E-state index in [2.05, 4.69) is 5.10 Å². The SMILES string of the molecule is COc1cc(C=NNC(N)=O)ccc1OCC(=O)O. The average molecular weight is 267 g/mol. The minimum Gasteiger partial charge on any atom is -0.493 e. The van der Waals surface area contributed by atoms with Crippen LogP contribution < -0.4 is 20.6 Å². The molecule has 0 bridgehead atoms. The number of urea groups is 1. The molecule has 8 heteroatoms. The molecule has 102 valence electrons. The van der Waals surface area contributed by atoms with Crippen molar-refractivity contribution in [3.05, 3.63) is 23.8 Å². The number of hydrazone groups is 1. The molecule has 1 rings (SSSR count). The van der Waals surface area contributed by atoms with Crippen LogP contribution in [-0.4, -0.2) is 37.0 Å². The molecule has 0 fully saturated rings. The third kappa shape index (κ3) is 4.94. The Morgan fingerprint density at radius 2 is 2.21 bits per heavy atom. The molecule has 2 amide bonds. The lowest BCUT2D eigenvalue weighted by molar-refractivity contribution is -0.139. The predicted octanol–water partition coefficient (Wildman–Crippen LogP) is 0.161. The van der Waals surface area contributed by atoms with Crippen LogP contribution in [-0.2, 0) is 4.79 Å². The summed E-state index contributed by atoms with van der Waals surface area (Å²) >= 11 is 0. The van der Waals surface area contributed by atoms with Crippen molar-refractivity contribution in [2.45, 2.75) is 0 Å². The first-order valence-electron chi connectivity index (χ1n) is 5.14. The van der Waals surface area contributed by atoms with E-state index in [-0.39, 0.29) is 0 Å². The largest absolute Gasteiger partial charge is 0.493 e. The van der Waals surface area contributed by atoms with Gasteiger partial charge in [-0.1, -0.05) is 0 Å². The lowest BCUT2D eigenvalue weighted by Gasteiger charge is -2.09. The van der Waals surface area contributed by atoms with Gasteiger partial charge in [0, 0.05) is 0 Å². The van der Waals surface area contributed by atoms with E-state index >= 15 is 0 Å². The fourth-order valence-electron chi connectivity index (χ4n) is 1.19. The van der Waals surface area contributed by atoms with Crippen molar-refractivity contribution < 1.29 is 24.2 Å². The Kier molecular flexibility index (Phi) is 5.15. The summed E-state index contributed by atoms with van der Waals surface area (Å²) in [6.45, 7) is -0.465. The van der Waals surface area contributed by atoms with E-state index in [1.54, 1.807) is 12.1 Å². The molecule has 0 radical (unpaired) electrons. The molecule has 0 aliphatic heterocycles. The molecule has 19 heavy (non-hydrogen) atoms. The zero-order valence-electron chi connectivity index (χ0n) is 10.1. The monoisotopic (exact) mass is 267 g/mol. The molecule has 0 aliphatic carbocycles. The third-order valence-electron chi connectivity index (χ3n) is 1.93. The van der Waals surface area contributed by atoms with E-state index in [1.165, 1.54) is 19.4 Å². The van der Waals surface area contributed by atoms with E-state index in [9.17, 15) is 9.59 Å². The number of carbonyl (C=O) groups is 2. The number of nitrogens with one attached hydrogen (secondary N) is 1. The third-order valence-corrected chi connectivity index (χ3v) is 1.93. The van der Waals surface area contributed by atoms with Crippen LogP contribution >= 0.6 is 0 Å². The maximum Gasteiger partial charge on any atom is 0.341 e.